The van der Waals surface area contributed by atoms with Crippen LogP contribution in [0.15, 0.2) is 30.9 Å². The van der Waals surface area contributed by atoms with Gasteiger partial charge in [0.25, 0.3) is 0 Å². The molecule has 8 heteroatoms. The Morgan fingerprint density at radius 3 is 2.62 bits per heavy atom. The quantitative estimate of drug-likeness (QED) is 0.873. The predicted octanol–water partition coefficient (Wildman–Crippen LogP) is 0.796. The minimum atomic E-state index is -0.513. The molecule has 4 rings (SSSR count). The molecule has 0 unspecified atom stereocenters. The highest BCUT2D eigenvalue weighted by Crippen LogP contribution is 2.43. The maximum Gasteiger partial charge on any atom is 0.229 e. The van der Waals surface area contributed by atoms with Crippen molar-refractivity contribution in [2.45, 2.75) is 25.8 Å². The lowest BCUT2D eigenvalue weighted by Gasteiger charge is -2.43. The van der Waals surface area contributed by atoms with Crippen molar-refractivity contribution < 1.29 is 4.79 Å². The molecule has 2 saturated heterocycles. The number of piperidine rings is 1. The fourth-order valence-electron chi connectivity index (χ4n) is 4.22. The van der Waals surface area contributed by atoms with Gasteiger partial charge in [0.05, 0.1) is 11.5 Å². The van der Waals surface area contributed by atoms with Crippen LogP contribution in [0.4, 0.5) is 11.9 Å². The molecule has 2 atom stereocenters. The molecule has 1 N–H and O–H groups in total. The second kappa shape index (κ2) is 6.51. The Kier molecular flexibility index (Phi) is 4.18. The summed E-state index contributed by atoms with van der Waals surface area (Å²) in [5.74, 6) is 1.41. The largest absolute Gasteiger partial charge is 0.359 e. The third kappa shape index (κ3) is 2.65. The zero-order valence-electron chi connectivity index (χ0n) is 15.1. The minimum absolute atomic E-state index is 0.0106. The minimum Gasteiger partial charge on any atom is -0.359 e. The number of rotatable bonds is 3. The number of anilines is 2. The van der Waals surface area contributed by atoms with E-state index in [0.717, 1.165) is 24.9 Å². The number of nitrogens with one attached hydrogen (secondary N) is 1. The Morgan fingerprint density at radius 2 is 1.92 bits per heavy atom. The molecule has 136 valence electrons. The molecule has 2 fully saturated rings. The molecule has 0 saturated carbocycles. The lowest BCUT2D eigenvalue weighted by molar-refractivity contribution is -0.131. The van der Waals surface area contributed by atoms with Crippen molar-refractivity contribution in [3.8, 4) is 0 Å². The molecule has 8 nitrogen and oxygen atoms in total. The summed E-state index contributed by atoms with van der Waals surface area (Å²) in [5.41, 5.74) is 0.506. The molecule has 0 bridgehead atoms. The van der Waals surface area contributed by atoms with Gasteiger partial charge in [0.2, 0.25) is 17.8 Å². The highest BCUT2D eigenvalue weighted by Gasteiger charge is 2.56. The van der Waals surface area contributed by atoms with Crippen LogP contribution < -0.4 is 15.1 Å². The molecule has 4 heterocycles. The van der Waals surface area contributed by atoms with Gasteiger partial charge in [0, 0.05) is 51.5 Å². The summed E-state index contributed by atoms with van der Waals surface area (Å²) < 4.78 is 0. The van der Waals surface area contributed by atoms with E-state index in [1.807, 2.05) is 19.3 Å². The van der Waals surface area contributed by atoms with E-state index in [4.69, 9.17) is 0 Å². The van der Waals surface area contributed by atoms with Crippen LogP contribution in [0.25, 0.3) is 0 Å². The van der Waals surface area contributed by atoms with Crippen LogP contribution in [0, 0.1) is 12.3 Å². The molecule has 0 aliphatic carbocycles. The summed E-state index contributed by atoms with van der Waals surface area (Å²) in [6, 6.07) is 1.80. The molecule has 2 aliphatic heterocycles. The van der Waals surface area contributed by atoms with Crippen molar-refractivity contribution in [2.75, 3.05) is 36.5 Å². The standard InChI is InChI=1S/C18H23N7O/c1-13-9-22-16(23-10-13)24-11-14-18(12-24,15(26)19-2)5-3-8-25(14)17-20-6-4-7-21-17/h4,6-7,9-10,14H,3,5,8,11-12H2,1-2H3,(H,19,26)/t14-,18-/m1/s1. The molecule has 1 amide bonds. The fourth-order valence-corrected chi connectivity index (χ4v) is 4.22. The van der Waals surface area contributed by atoms with Gasteiger partial charge in [-0.25, -0.2) is 19.9 Å². The number of aryl methyl sites for hydroxylation is 1. The monoisotopic (exact) mass is 353 g/mol. The van der Waals surface area contributed by atoms with E-state index in [2.05, 4.69) is 35.1 Å². The molecule has 26 heavy (non-hydrogen) atoms. The number of nitrogens with zero attached hydrogens (tertiary/aromatic N) is 6. The van der Waals surface area contributed by atoms with Gasteiger partial charge in [-0.05, 0) is 31.4 Å². The Labute approximate surface area is 152 Å². The van der Waals surface area contributed by atoms with E-state index in [0.29, 0.717) is 25.0 Å². The third-order valence-corrected chi connectivity index (χ3v) is 5.44. The maximum atomic E-state index is 12.9. The molecule has 0 spiro atoms. The van der Waals surface area contributed by atoms with Gasteiger partial charge in [0.15, 0.2) is 0 Å². The summed E-state index contributed by atoms with van der Waals surface area (Å²) in [4.78, 5) is 35.0. The maximum absolute atomic E-state index is 12.9. The molecule has 0 radical (unpaired) electrons. The average Bonchev–Trinajstić information content (AvgIpc) is 3.09. The SMILES string of the molecule is CNC(=O)[C@@]12CCCN(c3ncccn3)[C@@H]1CN(c1ncc(C)cn1)C2. The second-order valence-corrected chi connectivity index (χ2v) is 7.04. The van der Waals surface area contributed by atoms with Crippen molar-refractivity contribution in [2.24, 2.45) is 5.41 Å². The van der Waals surface area contributed by atoms with Crippen LogP contribution in [-0.4, -0.2) is 58.6 Å². The summed E-state index contributed by atoms with van der Waals surface area (Å²) >= 11 is 0. The van der Waals surface area contributed by atoms with Crippen molar-refractivity contribution in [1.29, 1.82) is 0 Å². The van der Waals surface area contributed by atoms with E-state index >= 15 is 0 Å². The Bertz CT molecular complexity index is 782. The molecule has 0 aromatic carbocycles. The van der Waals surface area contributed by atoms with Crippen molar-refractivity contribution in [1.82, 2.24) is 25.3 Å². The smallest absolute Gasteiger partial charge is 0.229 e. The van der Waals surface area contributed by atoms with Crippen LogP contribution in [0.1, 0.15) is 18.4 Å². The van der Waals surface area contributed by atoms with E-state index in [1.54, 1.807) is 25.5 Å². The summed E-state index contributed by atoms with van der Waals surface area (Å²) in [6.45, 7) is 4.09. The van der Waals surface area contributed by atoms with E-state index in [-0.39, 0.29) is 11.9 Å². The van der Waals surface area contributed by atoms with E-state index in [9.17, 15) is 4.79 Å². The van der Waals surface area contributed by atoms with Gasteiger partial charge in [-0.2, -0.15) is 0 Å². The first kappa shape index (κ1) is 16.7. The van der Waals surface area contributed by atoms with Crippen LogP contribution in [0.2, 0.25) is 0 Å². The van der Waals surface area contributed by atoms with Gasteiger partial charge >= 0.3 is 0 Å². The first-order valence-corrected chi connectivity index (χ1v) is 8.93. The van der Waals surface area contributed by atoms with Crippen molar-refractivity contribution >= 4 is 17.8 Å². The number of aromatic nitrogens is 4. The third-order valence-electron chi connectivity index (χ3n) is 5.44. The first-order chi connectivity index (χ1) is 12.6. The van der Waals surface area contributed by atoms with Gasteiger partial charge in [-0.3, -0.25) is 4.79 Å². The summed E-state index contributed by atoms with van der Waals surface area (Å²) in [5, 5.41) is 2.88. The normalized spacial score (nSPS) is 25.1. The molecule has 2 aromatic heterocycles. The van der Waals surface area contributed by atoms with Crippen molar-refractivity contribution in [3.63, 3.8) is 0 Å². The topological polar surface area (TPSA) is 87.1 Å². The summed E-state index contributed by atoms with van der Waals surface area (Å²) in [6.07, 6.45) is 8.88. The highest BCUT2D eigenvalue weighted by molar-refractivity contribution is 5.86. The number of hydrogen-bond donors (Lipinski definition) is 1. The zero-order valence-corrected chi connectivity index (χ0v) is 15.1. The number of carbonyl (C=O) groups excluding carboxylic acids is 1. The first-order valence-electron chi connectivity index (χ1n) is 8.93. The van der Waals surface area contributed by atoms with Crippen LogP contribution in [0.5, 0.6) is 0 Å². The number of carbonyl (C=O) groups is 1. The molecular weight excluding hydrogens is 330 g/mol. The zero-order chi connectivity index (χ0) is 18.1. The van der Waals surface area contributed by atoms with Gasteiger partial charge in [-0.15, -0.1) is 0 Å². The molecule has 2 aliphatic rings. The molecular formula is C18H23N7O. The fraction of sp³-hybridized carbons (Fsp3) is 0.500. The second-order valence-electron chi connectivity index (χ2n) is 7.04. The van der Waals surface area contributed by atoms with Crippen LogP contribution >= 0.6 is 0 Å². The lowest BCUT2D eigenvalue weighted by Crippen LogP contribution is -2.58. The van der Waals surface area contributed by atoms with Gasteiger partial charge in [-0.1, -0.05) is 0 Å². The van der Waals surface area contributed by atoms with E-state index in [1.165, 1.54) is 0 Å². The Balaban J connectivity index is 1.71. The van der Waals surface area contributed by atoms with Crippen molar-refractivity contribution in [3.05, 3.63) is 36.4 Å². The molecule has 2 aromatic rings. The van der Waals surface area contributed by atoms with Gasteiger partial charge in [0.1, 0.15) is 0 Å². The van der Waals surface area contributed by atoms with Crippen LogP contribution in [0.3, 0.4) is 0 Å². The van der Waals surface area contributed by atoms with Crippen LogP contribution in [-0.2, 0) is 4.79 Å². The number of amides is 1. The highest BCUT2D eigenvalue weighted by atomic mass is 16.2. The van der Waals surface area contributed by atoms with Gasteiger partial charge < -0.3 is 15.1 Å². The number of fused-ring (bicyclic) bond motifs is 1. The summed E-state index contributed by atoms with van der Waals surface area (Å²) in [7, 11) is 1.71. The predicted molar refractivity (Wildman–Crippen MR) is 97.9 cm³/mol. The Morgan fingerprint density at radius 1 is 1.19 bits per heavy atom. The average molecular weight is 353 g/mol. The van der Waals surface area contributed by atoms with E-state index < -0.39 is 5.41 Å². The Hall–Kier alpha value is -2.77. The lowest BCUT2D eigenvalue weighted by atomic mass is 9.74. The number of hydrogen-bond acceptors (Lipinski definition) is 7.